The maximum atomic E-state index is 12.2. The minimum atomic E-state index is -0.337. The Kier molecular flexibility index (Phi) is 5.48. The number of ether oxygens (including phenoxy) is 1. The first-order valence-corrected chi connectivity index (χ1v) is 10.00. The van der Waals surface area contributed by atoms with Gasteiger partial charge >= 0.3 is 5.97 Å². The number of carbonyl (C=O) groups excluding carboxylic acids is 1. The van der Waals surface area contributed by atoms with Gasteiger partial charge in [-0.1, -0.05) is 17.7 Å². The van der Waals surface area contributed by atoms with E-state index in [4.69, 9.17) is 4.74 Å². The molecule has 0 spiro atoms. The Balaban J connectivity index is 1.62. The lowest BCUT2D eigenvalue weighted by atomic mass is 10.2. The third-order valence-electron chi connectivity index (χ3n) is 4.13. The molecule has 5 nitrogen and oxygen atoms in total. The highest BCUT2D eigenvalue weighted by Gasteiger charge is 2.13. The Labute approximate surface area is 159 Å². The molecule has 0 unspecified atom stereocenters. The van der Waals surface area contributed by atoms with Gasteiger partial charge in [-0.15, -0.1) is 23.1 Å². The Hall–Kier alpha value is -2.12. The fraction of sp³-hybridized carbons (Fsp3) is 0.316. The van der Waals surface area contributed by atoms with Gasteiger partial charge in [0.2, 0.25) is 0 Å². The summed E-state index contributed by atoms with van der Waals surface area (Å²) in [6, 6.07) is 6.12. The maximum Gasteiger partial charge on any atom is 0.316 e. The summed E-state index contributed by atoms with van der Waals surface area (Å²) < 4.78 is 5.27. The molecule has 0 aliphatic heterocycles. The van der Waals surface area contributed by atoms with E-state index in [0.29, 0.717) is 16.0 Å². The van der Waals surface area contributed by atoms with Crippen molar-refractivity contribution in [3.63, 3.8) is 0 Å². The van der Waals surface area contributed by atoms with Crippen LogP contribution in [-0.2, 0) is 16.1 Å². The molecule has 2 aromatic heterocycles. The van der Waals surface area contributed by atoms with Crippen molar-refractivity contribution in [1.29, 1.82) is 0 Å². The zero-order chi connectivity index (χ0) is 18.8. The molecule has 26 heavy (non-hydrogen) atoms. The number of aromatic amines is 1. The fourth-order valence-electron chi connectivity index (χ4n) is 2.66. The standard InChI is InChI=1S/C19H20N2O3S2/c1-10-5-6-14(11(2)7-10)25-9-16(22)24-8-15-20-18(23)17-12(3)13(4)26-19(17)21-15/h5-7H,8-9H2,1-4H3,(H,20,21,23). The largest absolute Gasteiger partial charge is 0.457 e. The summed E-state index contributed by atoms with van der Waals surface area (Å²) in [4.78, 5) is 34.2. The molecule has 0 saturated heterocycles. The van der Waals surface area contributed by atoms with E-state index in [1.807, 2.05) is 39.8 Å². The first kappa shape index (κ1) is 18.7. The number of aryl methyl sites for hydroxylation is 4. The molecular formula is C19H20N2O3S2. The molecule has 1 aromatic carbocycles. The average molecular weight is 389 g/mol. The van der Waals surface area contributed by atoms with Crippen molar-refractivity contribution in [3.05, 3.63) is 55.9 Å². The Morgan fingerprint density at radius 2 is 2.04 bits per heavy atom. The Morgan fingerprint density at radius 1 is 1.27 bits per heavy atom. The van der Waals surface area contributed by atoms with Crippen LogP contribution in [0.25, 0.3) is 10.2 Å². The van der Waals surface area contributed by atoms with Gasteiger partial charge in [-0.3, -0.25) is 9.59 Å². The molecule has 2 heterocycles. The molecule has 0 radical (unpaired) electrons. The van der Waals surface area contributed by atoms with Gasteiger partial charge in [0.25, 0.3) is 5.56 Å². The Morgan fingerprint density at radius 3 is 2.77 bits per heavy atom. The fourth-order valence-corrected chi connectivity index (χ4v) is 4.51. The molecule has 7 heteroatoms. The molecule has 0 saturated carbocycles. The second kappa shape index (κ2) is 7.63. The lowest BCUT2D eigenvalue weighted by Gasteiger charge is -2.07. The summed E-state index contributed by atoms with van der Waals surface area (Å²) in [5, 5.41) is 0.618. The van der Waals surface area contributed by atoms with Crippen LogP contribution in [-0.4, -0.2) is 21.7 Å². The van der Waals surface area contributed by atoms with Crippen molar-refractivity contribution >= 4 is 39.3 Å². The second-order valence-corrected chi connectivity index (χ2v) is 8.41. The predicted octanol–water partition coefficient (Wildman–Crippen LogP) is 4.05. The number of carbonyl (C=O) groups is 1. The number of hydrogen-bond donors (Lipinski definition) is 1. The molecule has 0 aliphatic carbocycles. The number of H-pyrrole nitrogens is 1. The topological polar surface area (TPSA) is 72.0 Å². The van der Waals surface area contributed by atoms with E-state index in [-0.39, 0.29) is 23.9 Å². The lowest BCUT2D eigenvalue weighted by Crippen LogP contribution is -2.15. The number of hydrogen-bond acceptors (Lipinski definition) is 6. The maximum absolute atomic E-state index is 12.2. The van der Waals surface area contributed by atoms with Gasteiger partial charge < -0.3 is 9.72 Å². The number of rotatable bonds is 5. The van der Waals surface area contributed by atoms with E-state index in [1.54, 1.807) is 0 Å². The molecule has 0 atom stereocenters. The third-order valence-corrected chi connectivity index (χ3v) is 6.38. The normalized spacial score (nSPS) is 11.1. The Bertz CT molecular complexity index is 1040. The number of fused-ring (bicyclic) bond motifs is 1. The summed E-state index contributed by atoms with van der Waals surface area (Å²) in [5.41, 5.74) is 3.10. The van der Waals surface area contributed by atoms with E-state index in [0.717, 1.165) is 20.9 Å². The second-order valence-electron chi connectivity index (χ2n) is 6.19. The molecular weight excluding hydrogens is 368 g/mol. The van der Waals surface area contributed by atoms with Crippen LogP contribution in [0, 0.1) is 27.7 Å². The first-order chi connectivity index (χ1) is 12.3. The molecule has 3 aromatic rings. The molecule has 3 rings (SSSR count). The van der Waals surface area contributed by atoms with Crippen LogP contribution in [0.5, 0.6) is 0 Å². The minimum absolute atomic E-state index is 0.0343. The van der Waals surface area contributed by atoms with Gasteiger partial charge in [-0.25, -0.2) is 4.98 Å². The van der Waals surface area contributed by atoms with Crippen molar-refractivity contribution in [2.75, 3.05) is 5.75 Å². The van der Waals surface area contributed by atoms with Crippen LogP contribution >= 0.6 is 23.1 Å². The van der Waals surface area contributed by atoms with Gasteiger partial charge in [-0.05, 0) is 44.9 Å². The van der Waals surface area contributed by atoms with Crippen LogP contribution in [0.1, 0.15) is 27.4 Å². The van der Waals surface area contributed by atoms with E-state index >= 15 is 0 Å². The average Bonchev–Trinajstić information content (AvgIpc) is 2.87. The summed E-state index contributed by atoms with van der Waals surface area (Å²) >= 11 is 2.92. The molecule has 136 valence electrons. The number of aromatic nitrogens is 2. The first-order valence-electron chi connectivity index (χ1n) is 8.19. The summed E-state index contributed by atoms with van der Waals surface area (Å²) in [7, 11) is 0. The van der Waals surface area contributed by atoms with E-state index in [1.165, 1.54) is 28.7 Å². The highest BCUT2D eigenvalue weighted by atomic mass is 32.2. The molecule has 0 bridgehead atoms. The molecule has 1 N–H and O–H groups in total. The van der Waals surface area contributed by atoms with Gasteiger partial charge in [-0.2, -0.15) is 0 Å². The van der Waals surface area contributed by atoms with E-state index in [2.05, 4.69) is 16.0 Å². The quantitative estimate of drug-likeness (QED) is 0.527. The van der Waals surface area contributed by atoms with Crippen LogP contribution in [0.3, 0.4) is 0 Å². The van der Waals surface area contributed by atoms with Crippen molar-refractivity contribution in [3.8, 4) is 0 Å². The van der Waals surface area contributed by atoms with Gasteiger partial charge in [0.05, 0.1) is 11.1 Å². The molecule has 0 fully saturated rings. The molecule has 0 aliphatic rings. The number of thioether (sulfide) groups is 1. The minimum Gasteiger partial charge on any atom is -0.457 e. The summed E-state index contributed by atoms with van der Waals surface area (Å²) in [6.07, 6.45) is 0. The SMILES string of the molecule is Cc1ccc(SCC(=O)OCc2nc3sc(C)c(C)c3c(=O)[nH]2)c(C)c1. The number of nitrogens with zero attached hydrogens (tertiary/aromatic N) is 1. The van der Waals surface area contributed by atoms with Crippen molar-refractivity contribution in [1.82, 2.24) is 9.97 Å². The van der Waals surface area contributed by atoms with Crippen molar-refractivity contribution in [2.45, 2.75) is 39.2 Å². The van der Waals surface area contributed by atoms with Gasteiger partial charge in [0.15, 0.2) is 0 Å². The van der Waals surface area contributed by atoms with Crippen molar-refractivity contribution < 1.29 is 9.53 Å². The summed E-state index contributed by atoms with van der Waals surface area (Å²) in [5.74, 6) is 0.248. The van der Waals surface area contributed by atoms with Crippen LogP contribution < -0.4 is 5.56 Å². The van der Waals surface area contributed by atoms with E-state index < -0.39 is 0 Å². The highest BCUT2D eigenvalue weighted by molar-refractivity contribution is 8.00. The van der Waals surface area contributed by atoms with Crippen molar-refractivity contribution in [2.24, 2.45) is 0 Å². The monoisotopic (exact) mass is 388 g/mol. The number of thiophene rings is 1. The zero-order valence-electron chi connectivity index (χ0n) is 15.1. The van der Waals surface area contributed by atoms with Gasteiger partial charge in [0, 0.05) is 9.77 Å². The predicted molar refractivity (Wildman–Crippen MR) is 106 cm³/mol. The van der Waals surface area contributed by atoms with Crippen LogP contribution in [0.4, 0.5) is 0 Å². The zero-order valence-corrected chi connectivity index (χ0v) is 16.8. The molecule has 0 amide bonds. The van der Waals surface area contributed by atoms with Crippen LogP contribution in [0.2, 0.25) is 0 Å². The number of esters is 1. The highest BCUT2D eigenvalue weighted by Crippen LogP contribution is 2.26. The number of nitrogens with one attached hydrogen (secondary N) is 1. The lowest BCUT2D eigenvalue weighted by molar-refractivity contribution is -0.141. The van der Waals surface area contributed by atoms with E-state index in [9.17, 15) is 9.59 Å². The summed E-state index contributed by atoms with van der Waals surface area (Å²) in [6.45, 7) is 7.90. The smallest absolute Gasteiger partial charge is 0.316 e. The number of benzene rings is 1. The third kappa shape index (κ3) is 3.99. The van der Waals surface area contributed by atoms with Gasteiger partial charge in [0.1, 0.15) is 17.3 Å². The van der Waals surface area contributed by atoms with Crippen LogP contribution in [0.15, 0.2) is 27.9 Å².